The van der Waals surface area contributed by atoms with Crippen LogP contribution in [0, 0.1) is 11.3 Å². The lowest BCUT2D eigenvalue weighted by atomic mass is 9.73. The second-order valence-corrected chi connectivity index (χ2v) is 36.5. The molecule has 3 saturated heterocycles. The minimum absolute atomic E-state index is 0.0379. The van der Waals surface area contributed by atoms with E-state index < -0.39 is 64.9 Å². The highest BCUT2D eigenvalue weighted by atomic mass is 35.5. The summed E-state index contributed by atoms with van der Waals surface area (Å²) in [7, 11) is -9.39. The number of piperazine rings is 2. The summed E-state index contributed by atoms with van der Waals surface area (Å²) in [5.74, 6) is -0.995. The van der Waals surface area contributed by atoms with Gasteiger partial charge in [-0.1, -0.05) is 92.7 Å². The molecule has 0 spiro atoms. The molecule has 6 aromatic rings. The number of sulfonamides is 1. The number of amides is 4. The number of thiazole rings is 1. The number of rotatable bonds is 39. The SMILES string of the molecule is CNC(C)C(=O)NC(C(=O)N1CCCC1c1nc(C(=O)c2cccc(OCCOCCOCCOCCOCC(=O)N3CCN(CCC(CSc4ccccc4)Nc4ccc(S(=O)(=O)NC(=O)c5ccc(N6CCN(CC7=C(c8ccc(Cl)cc8)CCC(C)(C)C7)CC6)cc5)cc4S(=O)(=O)C(F)(F)F)CC3)c2)cs1)C1CCCCC1. The van der Waals surface area contributed by atoms with Crippen molar-refractivity contribution in [1.82, 2.24) is 39.9 Å². The highest BCUT2D eigenvalue weighted by Crippen LogP contribution is 2.44. The van der Waals surface area contributed by atoms with Crippen molar-refractivity contribution in [2.45, 2.75) is 136 Å². The smallest absolute Gasteiger partial charge is 0.491 e. The Balaban J connectivity index is 0.570. The number of alkyl halides is 3. The summed E-state index contributed by atoms with van der Waals surface area (Å²) in [6, 6.07) is 30.9. The minimum Gasteiger partial charge on any atom is -0.491 e. The highest BCUT2D eigenvalue weighted by molar-refractivity contribution is 7.99. The number of ketones is 1. The number of benzene rings is 5. The van der Waals surface area contributed by atoms with Gasteiger partial charge >= 0.3 is 5.51 Å². The molecule has 4 atom stereocenters. The van der Waals surface area contributed by atoms with Crippen LogP contribution in [0.4, 0.5) is 24.5 Å². The normalized spacial score (nSPS) is 18.3. The molecule has 0 radical (unpaired) electrons. The number of halogens is 4. The summed E-state index contributed by atoms with van der Waals surface area (Å²) < 4.78 is 129. The van der Waals surface area contributed by atoms with E-state index >= 15 is 0 Å². The third-order valence-corrected chi connectivity index (χ3v) is 27.1. The van der Waals surface area contributed by atoms with E-state index in [1.165, 1.54) is 51.9 Å². The van der Waals surface area contributed by atoms with E-state index in [9.17, 15) is 54.0 Å². The van der Waals surface area contributed by atoms with Crippen LogP contribution in [0.15, 0.2) is 147 Å². The van der Waals surface area contributed by atoms with Crippen LogP contribution in [0.25, 0.3) is 5.57 Å². The average molecular weight is 1690 g/mol. The molecule has 2 aliphatic carbocycles. The summed E-state index contributed by atoms with van der Waals surface area (Å²) in [6.45, 7) is 14.8. The molecule has 0 bridgehead atoms. The lowest BCUT2D eigenvalue weighted by molar-refractivity contribution is -0.139. The lowest BCUT2D eigenvalue weighted by Gasteiger charge is -2.39. The number of likely N-dealkylation sites (tertiary alicyclic amines) is 1. The van der Waals surface area contributed by atoms with Crippen LogP contribution >= 0.6 is 34.7 Å². The van der Waals surface area contributed by atoms with Gasteiger partial charge in [-0.15, -0.1) is 23.1 Å². The molecule has 4 fully saturated rings. The van der Waals surface area contributed by atoms with Crippen LogP contribution in [-0.2, 0) is 53.2 Å². The predicted molar refractivity (Wildman–Crippen MR) is 439 cm³/mol. The van der Waals surface area contributed by atoms with Crippen LogP contribution in [-0.4, -0.2) is 239 Å². The Bertz CT molecular complexity index is 4510. The molecule has 4 heterocycles. The Morgan fingerprint density at radius 2 is 1.39 bits per heavy atom. The van der Waals surface area contributed by atoms with E-state index in [-0.39, 0.29) is 91.8 Å². The number of likely N-dealkylation sites (N-methyl/N-ethyl adjacent to an activating group) is 1. The molecule has 115 heavy (non-hydrogen) atoms. The first kappa shape index (κ1) is 88.3. The van der Waals surface area contributed by atoms with Crippen LogP contribution in [0.5, 0.6) is 5.75 Å². The fourth-order valence-electron chi connectivity index (χ4n) is 15.2. The number of allylic oxidation sites excluding steroid dienone is 1. The summed E-state index contributed by atoms with van der Waals surface area (Å²) >= 11 is 8.99. The fraction of sp³-hybridized carbons (Fsp3) is 0.518. The van der Waals surface area contributed by atoms with Crippen molar-refractivity contribution in [1.29, 1.82) is 0 Å². The molecule has 5 aromatic carbocycles. The van der Waals surface area contributed by atoms with Crippen molar-refractivity contribution < 1.29 is 77.7 Å². The first-order valence-electron chi connectivity index (χ1n) is 39.6. The molecule has 32 heteroatoms. The van der Waals surface area contributed by atoms with Crippen molar-refractivity contribution in [3.63, 3.8) is 0 Å². The van der Waals surface area contributed by atoms with E-state index in [4.69, 9.17) is 40.3 Å². The van der Waals surface area contributed by atoms with Gasteiger partial charge in [-0.3, -0.25) is 33.8 Å². The number of sulfone groups is 1. The molecule has 5 aliphatic rings. The highest BCUT2D eigenvalue weighted by Gasteiger charge is 2.49. The maximum Gasteiger partial charge on any atom is 0.501 e. The van der Waals surface area contributed by atoms with Gasteiger partial charge in [-0.2, -0.15) is 13.2 Å². The number of ether oxygens (including phenoxy) is 5. The van der Waals surface area contributed by atoms with E-state index in [0.717, 1.165) is 107 Å². The average Bonchev–Trinajstić information content (AvgIpc) is 1.43. The zero-order chi connectivity index (χ0) is 81.7. The molecular formula is C83H106ClF3N10O14S4. The first-order valence-corrected chi connectivity index (χ1v) is 44.8. The fourth-order valence-corrected chi connectivity index (χ4v) is 19.2. The zero-order valence-electron chi connectivity index (χ0n) is 65.7. The van der Waals surface area contributed by atoms with Gasteiger partial charge < -0.3 is 54.3 Å². The van der Waals surface area contributed by atoms with Gasteiger partial charge in [0.15, 0.2) is 0 Å². The monoisotopic (exact) mass is 1690 g/mol. The summed E-state index contributed by atoms with van der Waals surface area (Å²) in [5.41, 5.74) is -0.617. The zero-order valence-corrected chi connectivity index (χ0v) is 69.7. The molecule has 624 valence electrons. The number of nitrogens with zero attached hydrogens (tertiary/aromatic N) is 6. The van der Waals surface area contributed by atoms with Crippen molar-refractivity contribution in [2.75, 3.05) is 154 Å². The lowest BCUT2D eigenvalue weighted by Crippen LogP contribution is -2.55. The number of nitrogens with one attached hydrogen (secondary N) is 4. The molecule has 4 unspecified atom stereocenters. The van der Waals surface area contributed by atoms with Gasteiger partial charge in [0.1, 0.15) is 40.6 Å². The Labute approximate surface area is 686 Å². The predicted octanol–water partition coefficient (Wildman–Crippen LogP) is 11.8. The molecule has 1 aromatic heterocycles. The Morgan fingerprint density at radius 1 is 0.722 bits per heavy atom. The van der Waals surface area contributed by atoms with Gasteiger partial charge in [-0.05, 0) is 167 Å². The molecular weight excluding hydrogens is 1580 g/mol. The van der Waals surface area contributed by atoms with Crippen molar-refractivity contribution in [2.24, 2.45) is 11.3 Å². The largest absolute Gasteiger partial charge is 0.501 e. The van der Waals surface area contributed by atoms with Crippen molar-refractivity contribution in [3.05, 3.63) is 165 Å². The van der Waals surface area contributed by atoms with E-state index in [0.29, 0.717) is 112 Å². The van der Waals surface area contributed by atoms with Gasteiger partial charge in [0.25, 0.3) is 25.8 Å². The van der Waals surface area contributed by atoms with Crippen LogP contribution < -0.4 is 30.3 Å². The third kappa shape index (κ3) is 24.8. The topological polar surface area (TPSA) is 277 Å². The summed E-state index contributed by atoms with van der Waals surface area (Å²) in [4.78, 5) is 81.5. The standard InChI is InChI=1S/C83H106ClF3N10O14S4/c1-58(88-4)78(100)91-76(60-13-7-5-8-14-60)81(102)97-33-12-19-73(97)80-90-72(57-113-80)77(99)62-15-11-16-67(51-62)111-50-49-109-46-45-107-43-44-108-47-48-110-55-75(98)96-41-35-93(36-42-96)34-31-65(56-112-68-17-9-6-10-18-68)89-71-29-28-69(52-74(71)114(103,104)83(85,86)87)115(105,106)92-79(101)61-22-26-66(27-23-61)95-39-37-94(38-40-95)54-63-53-82(2,3)32-30-70(63)59-20-24-64(84)25-21-59/h6,9-11,15-18,20-29,51-52,57-58,60,65,73,76,88-89H,5,7-8,12-14,19,30-50,53-56H2,1-4H3,(H,91,100)(H,92,101). The number of hydrogen-bond acceptors (Lipinski definition) is 22. The number of anilines is 2. The van der Waals surface area contributed by atoms with E-state index in [2.05, 4.69) is 56.6 Å². The molecule has 24 nitrogen and oxygen atoms in total. The van der Waals surface area contributed by atoms with Crippen LogP contribution in [0.2, 0.25) is 5.02 Å². The number of thioether (sulfide) groups is 1. The first-order chi connectivity index (χ1) is 55.2. The Kier molecular flexibility index (Phi) is 32.0. The maximum absolute atomic E-state index is 14.6. The molecule has 4 amide bonds. The van der Waals surface area contributed by atoms with Gasteiger partial charge in [0.05, 0.1) is 68.9 Å². The number of carbonyl (C=O) groups excluding carboxylic acids is 5. The molecule has 1 saturated carbocycles. The number of carbonyl (C=O) groups is 5. The van der Waals surface area contributed by atoms with Crippen LogP contribution in [0.1, 0.15) is 134 Å². The second-order valence-electron chi connectivity index (χ2n) is 30.5. The Hall–Kier alpha value is -7.53. The second kappa shape index (κ2) is 41.7. The minimum atomic E-state index is -6.17. The van der Waals surface area contributed by atoms with Crippen molar-refractivity contribution >= 4 is 101 Å². The third-order valence-electron chi connectivity index (χ3n) is 21.8. The van der Waals surface area contributed by atoms with E-state index in [1.807, 2.05) is 52.1 Å². The summed E-state index contributed by atoms with van der Waals surface area (Å²) in [6.07, 6.45) is 9.85. The molecule has 11 rings (SSSR count). The van der Waals surface area contributed by atoms with Gasteiger partial charge in [0.2, 0.25) is 23.5 Å². The number of aromatic nitrogens is 1. The van der Waals surface area contributed by atoms with E-state index in [1.54, 1.807) is 60.6 Å². The van der Waals surface area contributed by atoms with Crippen molar-refractivity contribution in [3.8, 4) is 5.75 Å². The van der Waals surface area contributed by atoms with Gasteiger partial charge in [-0.25, -0.2) is 26.5 Å². The maximum atomic E-state index is 14.6. The van der Waals surface area contributed by atoms with Crippen LogP contribution in [0.3, 0.4) is 0 Å². The quantitative estimate of drug-likeness (QED) is 0.0159. The molecule has 3 aliphatic heterocycles. The number of hydrogen-bond donors (Lipinski definition) is 4. The van der Waals surface area contributed by atoms with Gasteiger partial charge in [0, 0.05) is 116 Å². The molecule has 4 N–H and O–H groups in total. The Morgan fingerprint density at radius 3 is 2.07 bits per heavy atom. The summed E-state index contributed by atoms with van der Waals surface area (Å²) in [5, 5.41) is 12.2.